The van der Waals surface area contributed by atoms with Crippen LogP contribution in [0, 0.1) is 0 Å². The van der Waals surface area contributed by atoms with Crippen molar-refractivity contribution in [3.8, 4) is 11.3 Å². The second kappa shape index (κ2) is 5.65. The van der Waals surface area contributed by atoms with Gasteiger partial charge in [0.15, 0.2) is 0 Å². The van der Waals surface area contributed by atoms with Gasteiger partial charge in [0.25, 0.3) is 0 Å². The Morgan fingerprint density at radius 1 is 1.26 bits per heavy atom. The summed E-state index contributed by atoms with van der Waals surface area (Å²) in [6.45, 7) is 0. The van der Waals surface area contributed by atoms with Crippen molar-refractivity contribution >= 4 is 29.2 Å². The summed E-state index contributed by atoms with van der Waals surface area (Å²) in [5, 5.41) is 19.2. The van der Waals surface area contributed by atoms with E-state index in [4.69, 9.17) is 32.7 Å². The van der Waals surface area contributed by atoms with Crippen LogP contribution in [0.2, 0.25) is 10.0 Å². The first-order valence-electron chi connectivity index (χ1n) is 5.42. The van der Waals surface area contributed by atoms with Crippen LogP contribution < -0.4 is 0 Å². The van der Waals surface area contributed by atoms with Gasteiger partial charge in [0.2, 0.25) is 0 Å². The van der Waals surface area contributed by atoms with Crippen LogP contribution in [-0.4, -0.2) is 16.2 Å². The van der Waals surface area contributed by atoms with E-state index in [0.29, 0.717) is 21.4 Å². The third kappa shape index (κ3) is 3.29. The molecule has 2 rings (SSSR count). The molecule has 1 heterocycles. The van der Waals surface area contributed by atoms with Gasteiger partial charge in [-0.2, -0.15) is 0 Å². The molecule has 1 aromatic heterocycles. The molecule has 1 unspecified atom stereocenters. The average Bonchev–Trinajstić information content (AvgIpc) is 2.77. The molecular weight excluding hydrogens is 291 g/mol. The van der Waals surface area contributed by atoms with Crippen LogP contribution in [-0.2, 0) is 4.79 Å². The van der Waals surface area contributed by atoms with E-state index in [9.17, 15) is 9.90 Å². The first kappa shape index (κ1) is 13.9. The van der Waals surface area contributed by atoms with Gasteiger partial charge in [0.1, 0.15) is 17.6 Å². The molecule has 0 radical (unpaired) electrons. The smallest absolute Gasteiger partial charge is 0.306 e. The molecule has 0 bridgehead atoms. The molecule has 1 aromatic carbocycles. The number of carboxylic acids is 1. The minimum atomic E-state index is -1.18. The number of furan rings is 1. The van der Waals surface area contributed by atoms with Crippen LogP contribution in [0.25, 0.3) is 11.3 Å². The molecule has 0 aliphatic carbocycles. The molecule has 1 atom stereocenters. The van der Waals surface area contributed by atoms with Crippen molar-refractivity contribution in [2.24, 2.45) is 0 Å². The van der Waals surface area contributed by atoms with Gasteiger partial charge in [-0.1, -0.05) is 23.2 Å². The normalized spacial score (nSPS) is 12.4. The first-order chi connectivity index (χ1) is 8.97. The third-order valence-corrected chi connectivity index (χ3v) is 3.07. The third-order valence-electron chi connectivity index (χ3n) is 2.52. The van der Waals surface area contributed by atoms with Crippen molar-refractivity contribution in [1.29, 1.82) is 0 Å². The maximum absolute atomic E-state index is 10.5. The topological polar surface area (TPSA) is 70.7 Å². The molecule has 0 saturated carbocycles. The molecule has 0 aliphatic heterocycles. The summed E-state index contributed by atoms with van der Waals surface area (Å²) < 4.78 is 5.41. The van der Waals surface area contributed by atoms with Crippen LogP contribution in [0.1, 0.15) is 18.3 Å². The zero-order chi connectivity index (χ0) is 14.0. The number of aliphatic hydroxyl groups is 1. The highest BCUT2D eigenvalue weighted by Crippen LogP contribution is 2.33. The number of rotatable bonds is 4. The Morgan fingerprint density at radius 2 is 2.00 bits per heavy atom. The summed E-state index contributed by atoms with van der Waals surface area (Å²) in [7, 11) is 0. The Bertz CT molecular complexity index is 606. The summed E-state index contributed by atoms with van der Waals surface area (Å²) in [6, 6.07) is 8.08. The second-order valence-corrected chi connectivity index (χ2v) is 4.78. The van der Waals surface area contributed by atoms with Gasteiger partial charge in [-0.3, -0.25) is 4.79 Å². The predicted molar refractivity (Wildman–Crippen MR) is 71.4 cm³/mol. The number of benzene rings is 1. The minimum Gasteiger partial charge on any atom is -0.481 e. The number of carboxylic acid groups (broad SMARTS) is 1. The van der Waals surface area contributed by atoms with Gasteiger partial charge in [-0.15, -0.1) is 0 Å². The SMILES string of the molecule is O=C(O)CC(O)c1ccc(-c2ccc(Cl)cc2Cl)o1. The van der Waals surface area contributed by atoms with E-state index in [1.807, 2.05) is 0 Å². The van der Waals surface area contributed by atoms with Crippen molar-refractivity contribution in [2.75, 3.05) is 0 Å². The predicted octanol–water partition coefficient (Wildman–Crippen LogP) is 3.76. The highest BCUT2D eigenvalue weighted by atomic mass is 35.5. The highest BCUT2D eigenvalue weighted by Gasteiger charge is 2.17. The Morgan fingerprint density at radius 3 is 2.63 bits per heavy atom. The van der Waals surface area contributed by atoms with Gasteiger partial charge in [-0.25, -0.2) is 0 Å². The molecule has 0 fully saturated rings. The van der Waals surface area contributed by atoms with Crippen LogP contribution >= 0.6 is 23.2 Å². The second-order valence-electron chi connectivity index (χ2n) is 3.94. The minimum absolute atomic E-state index is 0.184. The number of aliphatic hydroxyl groups excluding tert-OH is 1. The molecule has 2 N–H and O–H groups in total. The van der Waals surface area contributed by atoms with Crippen LogP contribution in [0.15, 0.2) is 34.7 Å². The molecule has 0 spiro atoms. The number of carbonyl (C=O) groups is 1. The standard InChI is InChI=1S/C13H10Cl2O4/c14-7-1-2-8(9(15)5-7)11-3-4-12(19-11)10(16)6-13(17)18/h1-5,10,16H,6H2,(H,17,18). The van der Waals surface area contributed by atoms with Crippen LogP contribution in [0.5, 0.6) is 0 Å². The molecule has 6 heteroatoms. The quantitative estimate of drug-likeness (QED) is 0.902. The summed E-state index contributed by atoms with van der Waals surface area (Å²) >= 11 is 11.8. The van der Waals surface area contributed by atoms with Gasteiger partial charge in [0, 0.05) is 10.6 Å². The number of halogens is 2. The number of hydrogen-bond donors (Lipinski definition) is 2. The molecule has 19 heavy (non-hydrogen) atoms. The van der Waals surface area contributed by atoms with Gasteiger partial charge < -0.3 is 14.6 Å². The molecule has 0 saturated heterocycles. The van der Waals surface area contributed by atoms with E-state index >= 15 is 0 Å². The number of hydrogen-bond acceptors (Lipinski definition) is 3. The van der Waals surface area contributed by atoms with E-state index in [1.54, 1.807) is 24.3 Å². The summed E-state index contributed by atoms with van der Waals surface area (Å²) in [5.74, 6) is -0.473. The van der Waals surface area contributed by atoms with Crippen molar-refractivity contribution in [3.05, 3.63) is 46.1 Å². The summed E-state index contributed by atoms with van der Waals surface area (Å²) in [5.41, 5.74) is 0.625. The Labute approximate surface area is 119 Å². The molecule has 0 aliphatic rings. The van der Waals surface area contributed by atoms with Crippen LogP contribution in [0.4, 0.5) is 0 Å². The average molecular weight is 301 g/mol. The Balaban J connectivity index is 2.28. The van der Waals surface area contributed by atoms with Gasteiger partial charge in [-0.05, 0) is 30.3 Å². The van der Waals surface area contributed by atoms with Crippen molar-refractivity contribution < 1.29 is 19.4 Å². The summed E-state index contributed by atoms with van der Waals surface area (Å²) in [4.78, 5) is 10.5. The monoisotopic (exact) mass is 300 g/mol. The lowest BCUT2D eigenvalue weighted by Gasteiger charge is -2.04. The maximum atomic E-state index is 10.5. The molecular formula is C13H10Cl2O4. The van der Waals surface area contributed by atoms with E-state index in [1.165, 1.54) is 6.07 Å². The highest BCUT2D eigenvalue weighted by molar-refractivity contribution is 6.36. The van der Waals surface area contributed by atoms with E-state index in [0.717, 1.165) is 0 Å². The van der Waals surface area contributed by atoms with E-state index < -0.39 is 18.5 Å². The van der Waals surface area contributed by atoms with Gasteiger partial charge in [0.05, 0.1) is 11.4 Å². The zero-order valence-electron chi connectivity index (χ0n) is 9.64. The van der Waals surface area contributed by atoms with Crippen LogP contribution in [0.3, 0.4) is 0 Å². The Hall–Kier alpha value is -1.49. The van der Waals surface area contributed by atoms with E-state index in [2.05, 4.69) is 0 Å². The van der Waals surface area contributed by atoms with Gasteiger partial charge >= 0.3 is 5.97 Å². The molecule has 100 valence electrons. The lowest BCUT2D eigenvalue weighted by Crippen LogP contribution is -2.04. The van der Waals surface area contributed by atoms with E-state index in [-0.39, 0.29) is 5.76 Å². The van der Waals surface area contributed by atoms with Crippen molar-refractivity contribution in [2.45, 2.75) is 12.5 Å². The lowest BCUT2D eigenvalue weighted by atomic mass is 10.2. The molecule has 0 amide bonds. The fourth-order valence-electron chi connectivity index (χ4n) is 1.63. The fraction of sp³-hybridized carbons (Fsp3) is 0.154. The first-order valence-corrected chi connectivity index (χ1v) is 6.18. The lowest BCUT2D eigenvalue weighted by molar-refractivity contribution is -0.139. The largest absolute Gasteiger partial charge is 0.481 e. The van der Waals surface area contributed by atoms with Crippen molar-refractivity contribution in [1.82, 2.24) is 0 Å². The summed E-state index contributed by atoms with van der Waals surface area (Å²) in [6.07, 6.45) is -1.60. The fourth-order valence-corrected chi connectivity index (χ4v) is 2.13. The molecule has 2 aromatic rings. The van der Waals surface area contributed by atoms with Crippen molar-refractivity contribution in [3.63, 3.8) is 0 Å². The zero-order valence-corrected chi connectivity index (χ0v) is 11.1. The number of aliphatic carboxylic acids is 1. The molecule has 4 nitrogen and oxygen atoms in total. The maximum Gasteiger partial charge on any atom is 0.306 e. The Kier molecular flexibility index (Phi) is 4.14.